The molecule has 6 nitrogen and oxygen atoms in total. The van der Waals surface area contributed by atoms with Crippen molar-refractivity contribution < 1.29 is 23.9 Å². The molecule has 0 saturated carbocycles. The summed E-state index contributed by atoms with van der Waals surface area (Å²) in [6.07, 6.45) is 0. The molecule has 1 aromatic carbocycles. The minimum atomic E-state index is -0.389. The number of benzene rings is 1. The Morgan fingerprint density at radius 2 is 1.92 bits per heavy atom. The molecule has 132 valence electrons. The van der Waals surface area contributed by atoms with Gasteiger partial charge in [0.1, 0.15) is 19.1 Å². The number of fused-ring (bicyclic) bond motifs is 1. The second-order valence-corrected chi connectivity index (χ2v) is 7.40. The van der Waals surface area contributed by atoms with E-state index in [0.29, 0.717) is 6.54 Å². The Hall–Kier alpha value is -1.79. The van der Waals surface area contributed by atoms with Crippen LogP contribution in [-0.2, 0) is 9.53 Å². The Morgan fingerprint density at radius 3 is 2.62 bits per heavy atom. The first-order valence-corrected chi connectivity index (χ1v) is 8.55. The van der Waals surface area contributed by atoms with Crippen molar-refractivity contribution in [2.75, 3.05) is 39.6 Å². The molecule has 1 saturated heterocycles. The summed E-state index contributed by atoms with van der Waals surface area (Å²) < 4.78 is 16.4. The third-order valence-electron chi connectivity index (χ3n) is 4.57. The number of amides is 1. The third-order valence-corrected chi connectivity index (χ3v) is 4.57. The van der Waals surface area contributed by atoms with Gasteiger partial charge in [-0.15, -0.1) is 0 Å². The fraction of sp³-hybridized carbons (Fsp3) is 0.611. The van der Waals surface area contributed by atoms with Gasteiger partial charge < -0.3 is 24.4 Å². The zero-order valence-corrected chi connectivity index (χ0v) is 14.7. The first-order valence-electron chi connectivity index (χ1n) is 8.55. The van der Waals surface area contributed by atoms with Gasteiger partial charge in [0.15, 0.2) is 11.5 Å². The van der Waals surface area contributed by atoms with E-state index >= 15 is 0 Å². The van der Waals surface area contributed by atoms with Gasteiger partial charge >= 0.3 is 0 Å². The van der Waals surface area contributed by atoms with Crippen LogP contribution in [0.2, 0.25) is 0 Å². The van der Waals surface area contributed by atoms with Gasteiger partial charge in [0, 0.05) is 11.0 Å². The van der Waals surface area contributed by atoms with E-state index < -0.39 is 0 Å². The van der Waals surface area contributed by atoms with Crippen LogP contribution in [0.3, 0.4) is 0 Å². The maximum absolute atomic E-state index is 12.3. The van der Waals surface area contributed by atoms with Crippen molar-refractivity contribution in [3.8, 4) is 11.5 Å². The highest BCUT2D eigenvalue weighted by atomic mass is 16.7. The second-order valence-electron chi connectivity index (χ2n) is 7.40. The van der Waals surface area contributed by atoms with E-state index in [1.807, 2.05) is 32.9 Å². The molecule has 2 aliphatic rings. The zero-order valence-electron chi connectivity index (χ0n) is 14.7. The van der Waals surface area contributed by atoms with Crippen LogP contribution in [0.4, 0.5) is 0 Å². The van der Waals surface area contributed by atoms with Gasteiger partial charge in [-0.05, 0) is 18.2 Å². The predicted octanol–water partition coefficient (Wildman–Crippen LogP) is 0.534. The average molecular weight is 335 g/mol. The Labute approximate surface area is 143 Å². The smallest absolute Gasteiger partial charge is 0.231 e. The molecule has 1 fully saturated rings. The summed E-state index contributed by atoms with van der Waals surface area (Å²) in [5.74, 6) is 1.64. The largest absolute Gasteiger partial charge is 0.454 e. The summed E-state index contributed by atoms with van der Waals surface area (Å²) in [6, 6.07) is 6.24. The number of carbonyl (C=O) groups is 1. The number of hydrogen-bond acceptors (Lipinski definition) is 4. The van der Waals surface area contributed by atoms with Crippen LogP contribution in [0, 0.1) is 5.41 Å². The van der Waals surface area contributed by atoms with Crippen LogP contribution in [0.25, 0.3) is 0 Å². The van der Waals surface area contributed by atoms with Gasteiger partial charge in [-0.3, -0.25) is 4.79 Å². The Morgan fingerprint density at radius 1 is 1.21 bits per heavy atom. The topological polar surface area (TPSA) is 61.2 Å². The lowest BCUT2D eigenvalue weighted by Crippen LogP contribution is -3.15. The molecule has 1 atom stereocenters. The highest BCUT2D eigenvalue weighted by molar-refractivity contribution is 5.81. The fourth-order valence-electron chi connectivity index (χ4n) is 3.07. The maximum atomic E-state index is 12.3. The van der Waals surface area contributed by atoms with Crippen molar-refractivity contribution in [2.45, 2.75) is 26.8 Å². The molecule has 1 aromatic rings. The van der Waals surface area contributed by atoms with E-state index in [2.05, 4.69) is 11.4 Å². The van der Waals surface area contributed by atoms with Gasteiger partial charge in [-0.1, -0.05) is 20.8 Å². The molecule has 3 rings (SSSR count). The molecular formula is C18H27N2O4+. The van der Waals surface area contributed by atoms with E-state index in [-0.39, 0.29) is 24.2 Å². The van der Waals surface area contributed by atoms with E-state index in [0.717, 1.165) is 43.4 Å². The van der Waals surface area contributed by atoms with E-state index in [1.165, 1.54) is 4.90 Å². The number of ether oxygens (including phenoxy) is 3. The molecule has 0 bridgehead atoms. The Bertz CT molecular complexity index is 591. The summed E-state index contributed by atoms with van der Waals surface area (Å²) in [6.45, 7) is 10.0. The van der Waals surface area contributed by atoms with Crippen LogP contribution in [0.1, 0.15) is 32.4 Å². The standard InChI is InChI=1S/C18H26N2O4/c1-18(2,3)17(21)19-11-14(20-6-8-22-9-7-20)13-4-5-15-16(10-13)24-12-23-15/h4-5,10,14H,6-9,11-12H2,1-3H3,(H,19,21)/p+1/t14-/m0/s1. The van der Waals surface area contributed by atoms with Crippen LogP contribution in [0.5, 0.6) is 11.5 Å². The lowest BCUT2D eigenvalue weighted by molar-refractivity contribution is -0.937. The maximum Gasteiger partial charge on any atom is 0.231 e. The third kappa shape index (κ3) is 3.82. The molecular weight excluding hydrogens is 308 g/mol. The number of nitrogens with one attached hydrogen (secondary N) is 2. The first-order chi connectivity index (χ1) is 11.4. The second kappa shape index (κ2) is 6.99. The molecule has 0 aromatic heterocycles. The molecule has 24 heavy (non-hydrogen) atoms. The predicted molar refractivity (Wildman–Crippen MR) is 89.3 cm³/mol. The van der Waals surface area contributed by atoms with E-state index in [9.17, 15) is 4.79 Å². The van der Waals surface area contributed by atoms with Crippen molar-refractivity contribution in [2.24, 2.45) is 5.41 Å². The summed E-state index contributed by atoms with van der Waals surface area (Å²) in [7, 11) is 0. The fourth-order valence-corrected chi connectivity index (χ4v) is 3.07. The quantitative estimate of drug-likeness (QED) is 0.843. The van der Waals surface area contributed by atoms with Crippen LogP contribution in [0.15, 0.2) is 18.2 Å². The lowest BCUT2D eigenvalue weighted by atomic mass is 9.95. The van der Waals surface area contributed by atoms with E-state index in [1.54, 1.807) is 0 Å². The first kappa shape index (κ1) is 17.0. The van der Waals surface area contributed by atoms with Crippen LogP contribution >= 0.6 is 0 Å². The highest BCUT2D eigenvalue weighted by Crippen LogP contribution is 2.33. The zero-order chi connectivity index (χ0) is 17.2. The molecule has 2 N–H and O–H groups in total. The van der Waals surface area contributed by atoms with Gasteiger partial charge in [0.2, 0.25) is 12.7 Å². The molecule has 0 aliphatic carbocycles. The molecule has 1 amide bonds. The summed E-state index contributed by atoms with van der Waals surface area (Å²) in [5, 5.41) is 3.11. The van der Waals surface area contributed by atoms with Crippen molar-refractivity contribution in [1.29, 1.82) is 0 Å². The molecule has 2 aliphatic heterocycles. The molecule has 0 unspecified atom stereocenters. The highest BCUT2D eigenvalue weighted by Gasteiger charge is 2.30. The number of hydrogen-bond donors (Lipinski definition) is 2. The van der Waals surface area contributed by atoms with E-state index in [4.69, 9.17) is 14.2 Å². The number of quaternary nitrogens is 1. The summed E-state index contributed by atoms with van der Waals surface area (Å²) in [4.78, 5) is 13.7. The molecule has 0 radical (unpaired) electrons. The summed E-state index contributed by atoms with van der Waals surface area (Å²) in [5.41, 5.74) is 0.769. The molecule has 0 spiro atoms. The monoisotopic (exact) mass is 335 g/mol. The number of carbonyl (C=O) groups excluding carboxylic acids is 1. The molecule has 2 heterocycles. The van der Waals surface area contributed by atoms with Crippen molar-refractivity contribution >= 4 is 5.91 Å². The molecule has 6 heteroatoms. The van der Waals surface area contributed by atoms with Gasteiger partial charge in [0.25, 0.3) is 0 Å². The SMILES string of the molecule is CC(C)(C)C(=O)NC[C@@H](c1ccc2c(c1)OCO2)[NH+]1CCOCC1. The lowest BCUT2D eigenvalue weighted by Gasteiger charge is -2.32. The van der Waals surface area contributed by atoms with Crippen LogP contribution in [-0.4, -0.2) is 45.5 Å². The Kier molecular flexibility index (Phi) is 4.96. The van der Waals surface area contributed by atoms with Gasteiger partial charge in [0.05, 0.1) is 19.8 Å². The summed E-state index contributed by atoms with van der Waals surface area (Å²) >= 11 is 0. The van der Waals surface area contributed by atoms with Crippen molar-refractivity contribution in [3.05, 3.63) is 23.8 Å². The van der Waals surface area contributed by atoms with Crippen LogP contribution < -0.4 is 19.7 Å². The minimum Gasteiger partial charge on any atom is -0.454 e. The van der Waals surface area contributed by atoms with Crippen molar-refractivity contribution in [1.82, 2.24) is 5.32 Å². The minimum absolute atomic E-state index is 0.0703. The number of morpholine rings is 1. The van der Waals surface area contributed by atoms with Gasteiger partial charge in [-0.25, -0.2) is 0 Å². The van der Waals surface area contributed by atoms with Crippen molar-refractivity contribution in [3.63, 3.8) is 0 Å². The Balaban J connectivity index is 1.78. The normalized spacial score (nSPS) is 19.1. The number of rotatable bonds is 4. The average Bonchev–Trinajstić information content (AvgIpc) is 3.02. The van der Waals surface area contributed by atoms with Gasteiger partial charge in [-0.2, -0.15) is 0 Å².